The first-order valence-electron chi connectivity index (χ1n) is 5.16. The van der Waals surface area contributed by atoms with Crippen LogP contribution in [0.3, 0.4) is 0 Å². The van der Waals surface area contributed by atoms with Gasteiger partial charge in [-0.05, 0) is 23.6 Å². The van der Waals surface area contributed by atoms with E-state index in [1.807, 2.05) is 0 Å². The molecule has 1 atom stereocenters. The average molecular weight is 346 g/mol. The zero-order chi connectivity index (χ0) is 14.2. The quantitative estimate of drug-likeness (QED) is 0.759. The molecule has 2 aromatic rings. The van der Waals surface area contributed by atoms with E-state index in [9.17, 15) is 17.6 Å². The first-order chi connectivity index (χ1) is 8.82. The van der Waals surface area contributed by atoms with Crippen LogP contribution in [-0.2, 0) is 6.18 Å². The van der Waals surface area contributed by atoms with Crippen LogP contribution in [0, 0.1) is 5.82 Å². The third-order valence-electron chi connectivity index (χ3n) is 2.60. The Morgan fingerprint density at radius 2 is 1.85 bits per heavy atom. The summed E-state index contributed by atoms with van der Waals surface area (Å²) in [5.74, 6) is -1.13. The summed E-state index contributed by atoms with van der Waals surface area (Å²) in [6, 6.07) is 3.61. The maximum absolute atomic E-state index is 13.9. The van der Waals surface area contributed by atoms with Crippen LogP contribution in [0.1, 0.15) is 22.0 Å². The summed E-state index contributed by atoms with van der Waals surface area (Å²) in [5, 5.41) is 1.28. The second-order valence-electron chi connectivity index (χ2n) is 3.81. The molecule has 0 amide bonds. The van der Waals surface area contributed by atoms with Gasteiger partial charge in [-0.3, -0.25) is 0 Å². The van der Waals surface area contributed by atoms with Gasteiger partial charge in [0.15, 0.2) is 0 Å². The Balaban J connectivity index is 0.00000200. The number of nitrogens with two attached hydrogens (primary N) is 1. The van der Waals surface area contributed by atoms with E-state index in [1.54, 1.807) is 17.5 Å². The normalized spacial score (nSPS) is 12.9. The molecular formula is C12H9Cl2F4NS. The molecule has 0 fully saturated rings. The van der Waals surface area contributed by atoms with E-state index in [0.717, 1.165) is 23.5 Å². The van der Waals surface area contributed by atoms with Crippen LogP contribution in [0.15, 0.2) is 29.6 Å². The number of thiophene rings is 1. The monoisotopic (exact) mass is 345 g/mol. The number of alkyl halides is 3. The largest absolute Gasteiger partial charge is 0.416 e. The Morgan fingerprint density at radius 3 is 2.35 bits per heavy atom. The molecule has 0 aliphatic rings. The maximum atomic E-state index is 13.9. The van der Waals surface area contributed by atoms with Gasteiger partial charge in [0.05, 0.1) is 16.6 Å². The number of hydrogen-bond donors (Lipinski definition) is 1. The van der Waals surface area contributed by atoms with Gasteiger partial charge in [-0.15, -0.1) is 23.7 Å². The minimum absolute atomic E-state index is 0. The predicted molar refractivity (Wildman–Crippen MR) is 74.0 cm³/mol. The molecule has 0 saturated carbocycles. The molecule has 0 bridgehead atoms. The van der Waals surface area contributed by atoms with E-state index < -0.39 is 29.2 Å². The van der Waals surface area contributed by atoms with E-state index in [1.165, 1.54) is 0 Å². The molecule has 110 valence electrons. The van der Waals surface area contributed by atoms with Gasteiger partial charge in [-0.25, -0.2) is 4.39 Å². The van der Waals surface area contributed by atoms with Crippen molar-refractivity contribution in [3.8, 4) is 0 Å². The molecule has 8 heteroatoms. The van der Waals surface area contributed by atoms with Gasteiger partial charge in [0, 0.05) is 10.4 Å². The van der Waals surface area contributed by atoms with E-state index in [2.05, 4.69) is 0 Å². The van der Waals surface area contributed by atoms with Crippen molar-refractivity contribution in [2.24, 2.45) is 5.73 Å². The molecule has 0 radical (unpaired) electrons. The second kappa shape index (κ2) is 6.30. The smallest absolute Gasteiger partial charge is 0.320 e. The number of rotatable bonds is 2. The van der Waals surface area contributed by atoms with Crippen LogP contribution in [-0.4, -0.2) is 0 Å². The second-order valence-corrected chi connectivity index (χ2v) is 5.20. The summed E-state index contributed by atoms with van der Waals surface area (Å²) in [5.41, 5.74) is 4.02. The molecule has 0 unspecified atom stereocenters. The van der Waals surface area contributed by atoms with Crippen molar-refractivity contribution in [3.05, 3.63) is 56.5 Å². The van der Waals surface area contributed by atoms with Crippen LogP contribution in [0.5, 0.6) is 0 Å². The number of benzene rings is 1. The predicted octanol–water partition coefficient (Wildman–Crippen LogP) is 5.03. The molecule has 1 aromatic heterocycles. The Kier molecular flexibility index (Phi) is 5.43. The number of hydrogen-bond acceptors (Lipinski definition) is 2. The summed E-state index contributed by atoms with van der Waals surface area (Å²) in [6.07, 6.45) is -4.68. The molecule has 0 aliphatic heterocycles. The number of halogens is 6. The molecule has 20 heavy (non-hydrogen) atoms. The van der Waals surface area contributed by atoms with Crippen LogP contribution < -0.4 is 5.73 Å². The lowest BCUT2D eigenvalue weighted by Gasteiger charge is -2.18. The van der Waals surface area contributed by atoms with Crippen LogP contribution in [0.25, 0.3) is 0 Å². The molecule has 1 aromatic carbocycles. The lowest BCUT2D eigenvalue weighted by Crippen LogP contribution is -2.19. The fraction of sp³-hybridized carbons (Fsp3) is 0.167. The van der Waals surface area contributed by atoms with Crippen molar-refractivity contribution >= 4 is 35.3 Å². The molecule has 2 N–H and O–H groups in total. The van der Waals surface area contributed by atoms with Gasteiger partial charge in [0.25, 0.3) is 0 Å². The lowest BCUT2D eigenvalue weighted by atomic mass is 9.98. The molecule has 1 heterocycles. The summed E-state index contributed by atoms with van der Waals surface area (Å²) in [6.45, 7) is 0. The SMILES string of the molecule is Cl.N[C@H](c1cccs1)c1c(C(F)(F)F)ccc(Cl)c1F. The van der Waals surface area contributed by atoms with E-state index in [4.69, 9.17) is 17.3 Å². The van der Waals surface area contributed by atoms with E-state index in [0.29, 0.717) is 4.88 Å². The summed E-state index contributed by atoms with van der Waals surface area (Å²) >= 11 is 6.70. The third-order valence-corrected chi connectivity index (χ3v) is 3.85. The average Bonchev–Trinajstić information content (AvgIpc) is 2.83. The molecule has 0 aliphatic carbocycles. The first kappa shape index (κ1) is 17.2. The molecule has 0 spiro atoms. The van der Waals surface area contributed by atoms with Gasteiger partial charge in [-0.1, -0.05) is 17.7 Å². The van der Waals surface area contributed by atoms with E-state index >= 15 is 0 Å². The molecule has 0 saturated heterocycles. The minimum Gasteiger partial charge on any atom is -0.320 e. The first-order valence-corrected chi connectivity index (χ1v) is 6.42. The van der Waals surface area contributed by atoms with E-state index in [-0.39, 0.29) is 17.4 Å². The van der Waals surface area contributed by atoms with Crippen molar-refractivity contribution < 1.29 is 17.6 Å². The fourth-order valence-electron chi connectivity index (χ4n) is 1.73. The van der Waals surface area contributed by atoms with Gasteiger partial charge < -0.3 is 5.73 Å². The molecule has 2 rings (SSSR count). The van der Waals surface area contributed by atoms with Crippen molar-refractivity contribution in [3.63, 3.8) is 0 Å². The van der Waals surface area contributed by atoms with Gasteiger partial charge in [0.1, 0.15) is 5.82 Å². The van der Waals surface area contributed by atoms with Crippen molar-refractivity contribution in [1.82, 2.24) is 0 Å². The lowest BCUT2D eigenvalue weighted by molar-refractivity contribution is -0.138. The fourth-order valence-corrected chi connectivity index (χ4v) is 2.63. The van der Waals surface area contributed by atoms with Crippen LogP contribution in [0.4, 0.5) is 17.6 Å². The molecule has 1 nitrogen and oxygen atoms in total. The van der Waals surface area contributed by atoms with Crippen molar-refractivity contribution in [2.75, 3.05) is 0 Å². The summed E-state index contributed by atoms with van der Waals surface area (Å²) in [7, 11) is 0. The molecular weight excluding hydrogens is 337 g/mol. The highest BCUT2D eigenvalue weighted by Gasteiger charge is 2.37. The van der Waals surface area contributed by atoms with Gasteiger partial charge in [0.2, 0.25) is 0 Å². The van der Waals surface area contributed by atoms with Crippen molar-refractivity contribution in [2.45, 2.75) is 12.2 Å². The maximum Gasteiger partial charge on any atom is 0.416 e. The Labute approximate surface area is 127 Å². The third kappa shape index (κ3) is 3.25. The zero-order valence-electron chi connectivity index (χ0n) is 9.75. The topological polar surface area (TPSA) is 26.0 Å². The highest BCUT2D eigenvalue weighted by atomic mass is 35.5. The zero-order valence-corrected chi connectivity index (χ0v) is 12.1. The Hall–Kier alpha value is -0.820. The Morgan fingerprint density at radius 1 is 1.20 bits per heavy atom. The van der Waals surface area contributed by atoms with Gasteiger partial charge >= 0.3 is 6.18 Å². The van der Waals surface area contributed by atoms with Crippen LogP contribution >= 0.6 is 35.3 Å². The highest BCUT2D eigenvalue weighted by Crippen LogP contribution is 2.39. The van der Waals surface area contributed by atoms with Crippen LogP contribution in [0.2, 0.25) is 5.02 Å². The summed E-state index contributed by atoms with van der Waals surface area (Å²) < 4.78 is 52.6. The highest BCUT2D eigenvalue weighted by molar-refractivity contribution is 7.10. The van der Waals surface area contributed by atoms with Crippen molar-refractivity contribution in [1.29, 1.82) is 0 Å². The van der Waals surface area contributed by atoms with Gasteiger partial charge in [-0.2, -0.15) is 13.2 Å². The standard InChI is InChI=1S/C12H8ClF4NS.ClH/c13-7-4-3-6(12(15,16)17)9(10(7)14)11(18)8-2-1-5-19-8;/h1-5,11H,18H2;1H/t11-;/m1./s1. The summed E-state index contributed by atoms with van der Waals surface area (Å²) in [4.78, 5) is 0.437. The minimum atomic E-state index is -4.68. The Bertz CT molecular complexity index is 584.